The van der Waals surface area contributed by atoms with Gasteiger partial charge in [0, 0.05) is 51.9 Å². The van der Waals surface area contributed by atoms with Gasteiger partial charge in [0.15, 0.2) is 0 Å². The average Bonchev–Trinajstić information content (AvgIpc) is 3.32. The van der Waals surface area contributed by atoms with Gasteiger partial charge in [-0.1, -0.05) is 0 Å². The first kappa shape index (κ1) is 20.5. The van der Waals surface area contributed by atoms with Crippen LogP contribution < -0.4 is 4.90 Å². The number of carbonyl (C=O) groups is 1. The summed E-state index contributed by atoms with van der Waals surface area (Å²) in [5.74, 6) is 1.26. The molecule has 0 saturated carbocycles. The first-order chi connectivity index (χ1) is 14.3. The van der Waals surface area contributed by atoms with Crippen molar-refractivity contribution in [3.05, 3.63) is 18.1 Å². The maximum absolute atomic E-state index is 12.7. The second kappa shape index (κ2) is 9.82. The Morgan fingerprint density at radius 1 is 1.14 bits per heavy atom. The molecule has 1 aromatic heterocycles. The standard InChI is InChI=1S/C21H33N5O3/c27-11-3-4-17-16-26(8-5-19(17)24-9-12-29-13-10-24)20-15-22-14-18(23-20)21(28)25-6-1-2-7-25/h14-15,17,19,27H,1-13,16H2/t17-,19+/m1/s1. The van der Waals surface area contributed by atoms with Crippen molar-refractivity contribution in [2.75, 3.05) is 64.0 Å². The lowest BCUT2D eigenvalue weighted by molar-refractivity contribution is -0.00416. The van der Waals surface area contributed by atoms with Crippen molar-refractivity contribution < 1.29 is 14.6 Å². The van der Waals surface area contributed by atoms with Gasteiger partial charge in [-0.15, -0.1) is 0 Å². The largest absolute Gasteiger partial charge is 0.396 e. The van der Waals surface area contributed by atoms with Gasteiger partial charge >= 0.3 is 0 Å². The predicted octanol–water partition coefficient (Wildman–Crippen LogP) is 1.01. The summed E-state index contributed by atoms with van der Waals surface area (Å²) < 4.78 is 5.53. The maximum atomic E-state index is 12.7. The minimum Gasteiger partial charge on any atom is -0.396 e. The third-order valence-corrected chi connectivity index (χ3v) is 6.50. The monoisotopic (exact) mass is 403 g/mol. The van der Waals surface area contributed by atoms with Crippen LogP contribution in [0.5, 0.6) is 0 Å². The van der Waals surface area contributed by atoms with E-state index >= 15 is 0 Å². The van der Waals surface area contributed by atoms with Gasteiger partial charge in [-0.3, -0.25) is 14.7 Å². The Kier molecular flexibility index (Phi) is 6.94. The molecule has 8 nitrogen and oxygen atoms in total. The number of hydrogen-bond donors (Lipinski definition) is 1. The van der Waals surface area contributed by atoms with E-state index in [1.165, 1.54) is 0 Å². The first-order valence-corrected chi connectivity index (χ1v) is 11.0. The van der Waals surface area contributed by atoms with E-state index in [1.54, 1.807) is 12.4 Å². The van der Waals surface area contributed by atoms with Crippen molar-refractivity contribution in [2.24, 2.45) is 5.92 Å². The third kappa shape index (κ3) is 4.87. The second-order valence-corrected chi connectivity index (χ2v) is 8.34. The van der Waals surface area contributed by atoms with Crippen LogP contribution in [0.4, 0.5) is 5.82 Å². The van der Waals surface area contributed by atoms with Crippen LogP contribution in [0, 0.1) is 5.92 Å². The molecule has 3 aliphatic rings. The zero-order valence-electron chi connectivity index (χ0n) is 17.2. The number of ether oxygens (including phenoxy) is 1. The normalized spacial score (nSPS) is 26.1. The smallest absolute Gasteiger partial charge is 0.274 e. The summed E-state index contributed by atoms with van der Waals surface area (Å²) in [5.41, 5.74) is 0.451. The lowest BCUT2D eigenvalue weighted by Gasteiger charge is -2.45. The molecule has 3 saturated heterocycles. The van der Waals surface area contributed by atoms with Gasteiger partial charge in [-0.25, -0.2) is 4.98 Å². The fourth-order valence-electron chi connectivity index (χ4n) is 4.95. The van der Waals surface area contributed by atoms with E-state index in [9.17, 15) is 9.90 Å². The van der Waals surface area contributed by atoms with Gasteiger partial charge in [-0.2, -0.15) is 0 Å². The Balaban J connectivity index is 1.46. The lowest BCUT2D eigenvalue weighted by Crippen LogP contribution is -2.54. The second-order valence-electron chi connectivity index (χ2n) is 8.34. The summed E-state index contributed by atoms with van der Waals surface area (Å²) in [6.07, 6.45) is 8.38. The molecule has 29 heavy (non-hydrogen) atoms. The minimum atomic E-state index is -0.00289. The molecular formula is C21H33N5O3. The number of anilines is 1. The topological polar surface area (TPSA) is 82.0 Å². The van der Waals surface area contributed by atoms with Gasteiger partial charge in [0.1, 0.15) is 11.5 Å². The highest BCUT2D eigenvalue weighted by Gasteiger charge is 2.34. The number of amides is 1. The Hall–Kier alpha value is -1.77. The highest BCUT2D eigenvalue weighted by atomic mass is 16.5. The number of likely N-dealkylation sites (tertiary alicyclic amines) is 1. The fourth-order valence-corrected chi connectivity index (χ4v) is 4.95. The van der Waals surface area contributed by atoms with Crippen molar-refractivity contribution in [1.29, 1.82) is 0 Å². The number of aliphatic hydroxyl groups is 1. The Morgan fingerprint density at radius 3 is 2.69 bits per heavy atom. The summed E-state index contributed by atoms with van der Waals surface area (Å²) in [6, 6.07) is 0.518. The van der Waals surface area contributed by atoms with Gasteiger partial charge in [0.05, 0.1) is 25.6 Å². The van der Waals surface area contributed by atoms with Gasteiger partial charge in [0.2, 0.25) is 0 Å². The Bertz CT molecular complexity index is 676. The lowest BCUT2D eigenvalue weighted by atomic mass is 9.87. The molecule has 1 aromatic rings. The van der Waals surface area contributed by atoms with Crippen LogP contribution in [0.2, 0.25) is 0 Å². The van der Waals surface area contributed by atoms with E-state index in [2.05, 4.69) is 19.8 Å². The van der Waals surface area contributed by atoms with Crippen molar-refractivity contribution in [2.45, 2.75) is 38.1 Å². The molecule has 0 unspecified atom stereocenters. The van der Waals surface area contributed by atoms with Crippen LogP contribution in [-0.2, 0) is 4.74 Å². The van der Waals surface area contributed by atoms with E-state index in [1.807, 2.05) is 4.90 Å². The zero-order chi connectivity index (χ0) is 20.1. The number of morpholine rings is 1. The molecule has 1 amide bonds. The fraction of sp³-hybridized carbons (Fsp3) is 0.762. The van der Waals surface area contributed by atoms with Crippen molar-refractivity contribution in [1.82, 2.24) is 19.8 Å². The zero-order valence-corrected chi connectivity index (χ0v) is 17.2. The average molecular weight is 404 g/mol. The first-order valence-electron chi connectivity index (χ1n) is 11.0. The maximum Gasteiger partial charge on any atom is 0.274 e. The number of piperidine rings is 1. The molecule has 0 aromatic carbocycles. The minimum absolute atomic E-state index is 0.00289. The summed E-state index contributed by atoms with van der Waals surface area (Å²) in [6.45, 7) is 7.24. The third-order valence-electron chi connectivity index (χ3n) is 6.50. The van der Waals surface area contributed by atoms with E-state index in [-0.39, 0.29) is 12.5 Å². The van der Waals surface area contributed by atoms with E-state index in [0.717, 1.165) is 90.4 Å². The summed E-state index contributed by atoms with van der Waals surface area (Å²) in [7, 11) is 0. The van der Waals surface area contributed by atoms with E-state index < -0.39 is 0 Å². The molecule has 2 atom stereocenters. The molecule has 4 heterocycles. The number of rotatable bonds is 6. The molecule has 0 radical (unpaired) electrons. The van der Waals surface area contributed by atoms with E-state index in [4.69, 9.17) is 4.74 Å². The number of aliphatic hydroxyl groups excluding tert-OH is 1. The Morgan fingerprint density at radius 2 is 1.93 bits per heavy atom. The van der Waals surface area contributed by atoms with E-state index in [0.29, 0.717) is 17.7 Å². The molecule has 8 heteroatoms. The highest BCUT2D eigenvalue weighted by Crippen LogP contribution is 2.29. The van der Waals surface area contributed by atoms with Crippen LogP contribution >= 0.6 is 0 Å². The van der Waals surface area contributed by atoms with Gasteiger partial charge < -0.3 is 19.6 Å². The number of hydrogen-bond acceptors (Lipinski definition) is 7. The van der Waals surface area contributed by atoms with Gasteiger partial charge in [0.25, 0.3) is 5.91 Å². The van der Waals surface area contributed by atoms with Gasteiger partial charge in [-0.05, 0) is 38.0 Å². The SMILES string of the molecule is O=C(c1cncc(N2CC[C@H](N3CCOCC3)[C@H](CCCO)C2)n1)N1CCCC1. The molecule has 0 spiro atoms. The number of aromatic nitrogens is 2. The predicted molar refractivity (Wildman–Crippen MR) is 110 cm³/mol. The highest BCUT2D eigenvalue weighted by molar-refractivity contribution is 5.92. The summed E-state index contributed by atoms with van der Waals surface area (Å²) in [4.78, 5) is 28.4. The molecule has 0 aliphatic carbocycles. The Labute approximate surface area is 172 Å². The van der Waals surface area contributed by atoms with Crippen LogP contribution in [0.25, 0.3) is 0 Å². The van der Waals surface area contributed by atoms with Crippen LogP contribution in [0.1, 0.15) is 42.6 Å². The molecule has 3 aliphatic heterocycles. The van der Waals surface area contributed by atoms with Crippen LogP contribution in [-0.4, -0.2) is 95.9 Å². The van der Waals surface area contributed by atoms with Crippen molar-refractivity contribution in [3.63, 3.8) is 0 Å². The summed E-state index contributed by atoms with van der Waals surface area (Å²) in [5, 5.41) is 9.37. The number of carbonyl (C=O) groups excluding carboxylic acids is 1. The van der Waals surface area contributed by atoms with Crippen LogP contribution in [0.15, 0.2) is 12.4 Å². The quantitative estimate of drug-likeness (QED) is 0.759. The molecule has 3 fully saturated rings. The van der Waals surface area contributed by atoms with Crippen molar-refractivity contribution >= 4 is 11.7 Å². The molecule has 4 rings (SSSR count). The molecular weight excluding hydrogens is 370 g/mol. The molecule has 0 bridgehead atoms. The molecule has 1 N–H and O–H groups in total. The number of nitrogens with zero attached hydrogens (tertiary/aromatic N) is 5. The molecule has 160 valence electrons. The van der Waals surface area contributed by atoms with Crippen LogP contribution in [0.3, 0.4) is 0 Å². The van der Waals surface area contributed by atoms with Crippen molar-refractivity contribution in [3.8, 4) is 0 Å². The summed E-state index contributed by atoms with van der Waals surface area (Å²) >= 11 is 0.